The summed E-state index contributed by atoms with van der Waals surface area (Å²) < 4.78 is 5.38. The van der Waals surface area contributed by atoms with Gasteiger partial charge in [-0.05, 0) is 19.8 Å². The van der Waals surface area contributed by atoms with Gasteiger partial charge >= 0.3 is 0 Å². The lowest BCUT2D eigenvalue weighted by Crippen LogP contribution is -2.06. The van der Waals surface area contributed by atoms with Crippen LogP contribution in [-0.4, -0.2) is 12.7 Å². The first-order valence-corrected chi connectivity index (χ1v) is 3.97. The van der Waals surface area contributed by atoms with Gasteiger partial charge in [-0.3, -0.25) is 0 Å². The number of nitriles is 1. The predicted octanol–water partition coefficient (Wildman–Crippen LogP) is 2.27. The molecule has 0 spiro atoms. The zero-order chi connectivity index (χ0) is 8.53. The van der Waals surface area contributed by atoms with Gasteiger partial charge in [-0.2, -0.15) is 5.26 Å². The van der Waals surface area contributed by atoms with Gasteiger partial charge in [0.1, 0.15) is 0 Å². The number of ether oxygens (including phenoxy) is 1. The Morgan fingerprint density at radius 2 is 2.36 bits per heavy atom. The van der Waals surface area contributed by atoms with Crippen molar-refractivity contribution in [2.45, 2.75) is 32.8 Å². The average molecular weight is 153 g/mol. The van der Waals surface area contributed by atoms with Crippen molar-refractivity contribution in [3.8, 4) is 6.07 Å². The number of rotatable bonds is 5. The molecule has 0 N–H and O–H groups in total. The topological polar surface area (TPSA) is 33.0 Å². The van der Waals surface area contributed by atoms with Crippen LogP contribution in [0.15, 0.2) is 12.2 Å². The molecule has 0 fully saturated rings. The summed E-state index contributed by atoms with van der Waals surface area (Å²) in [6.07, 6.45) is 5.52. The second-order valence-corrected chi connectivity index (χ2v) is 2.41. The normalized spacial score (nSPS) is 13.2. The predicted molar refractivity (Wildman–Crippen MR) is 45.1 cm³/mol. The van der Waals surface area contributed by atoms with E-state index in [2.05, 4.69) is 6.92 Å². The van der Waals surface area contributed by atoms with Crippen LogP contribution in [0.5, 0.6) is 0 Å². The fourth-order valence-electron chi connectivity index (χ4n) is 0.591. The molecule has 2 nitrogen and oxygen atoms in total. The van der Waals surface area contributed by atoms with Crippen molar-refractivity contribution in [3.63, 3.8) is 0 Å². The zero-order valence-corrected chi connectivity index (χ0v) is 7.21. The molecule has 0 aliphatic carbocycles. The van der Waals surface area contributed by atoms with Gasteiger partial charge in [0.25, 0.3) is 0 Å². The molecular formula is C9H15NO. The molecule has 0 heterocycles. The number of allylic oxidation sites excluding steroid dienone is 1. The van der Waals surface area contributed by atoms with Crippen molar-refractivity contribution in [2.24, 2.45) is 0 Å². The molecule has 11 heavy (non-hydrogen) atoms. The van der Waals surface area contributed by atoms with Gasteiger partial charge in [0.2, 0.25) is 0 Å². The van der Waals surface area contributed by atoms with Crippen molar-refractivity contribution in [1.29, 1.82) is 5.26 Å². The van der Waals surface area contributed by atoms with Gasteiger partial charge in [-0.15, -0.1) is 0 Å². The van der Waals surface area contributed by atoms with E-state index in [-0.39, 0.29) is 0 Å². The van der Waals surface area contributed by atoms with Crippen molar-refractivity contribution in [2.75, 3.05) is 6.61 Å². The van der Waals surface area contributed by atoms with Crippen LogP contribution in [0.25, 0.3) is 0 Å². The lowest BCUT2D eigenvalue weighted by atomic mass is 10.3. The van der Waals surface area contributed by atoms with Crippen LogP contribution in [0.2, 0.25) is 0 Å². The maximum absolute atomic E-state index is 8.14. The Balaban J connectivity index is 3.15. The van der Waals surface area contributed by atoms with Crippen LogP contribution in [0.4, 0.5) is 0 Å². The Bertz CT molecular complexity index is 146. The third kappa shape index (κ3) is 7.08. The van der Waals surface area contributed by atoms with E-state index in [9.17, 15) is 0 Å². The standard InChI is InChI=1S/C9H15NO/c1-3-9(2)11-8-6-4-5-7-10/h4-5,9H,3,6,8H2,1-2H3/b5-4+. The van der Waals surface area contributed by atoms with Crippen molar-refractivity contribution in [1.82, 2.24) is 0 Å². The summed E-state index contributed by atoms with van der Waals surface area (Å²) in [5.74, 6) is 0. The van der Waals surface area contributed by atoms with E-state index in [1.165, 1.54) is 6.08 Å². The molecule has 0 radical (unpaired) electrons. The SMILES string of the molecule is CCC(C)OCC/C=C/C#N. The van der Waals surface area contributed by atoms with Crippen molar-refractivity contribution >= 4 is 0 Å². The highest BCUT2D eigenvalue weighted by Gasteiger charge is 1.94. The monoisotopic (exact) mass is 153 g/mol. The molecule has 0 bridgehead atoms. The van der Waals surface area contributed by atoms with Gasteiger partial charge in [-0.1, -0.05) is 13.0 Å². The van der Waals surface area contributed by atoms with Crippen LogP contribution in [0.1, 0.15) is 26.7 Å². The summed E-state index contributed by atoms with van der Waals surface area (Å²) in [4.78, 5) is 0. The van der Waals surface area contributed by atoms with Crippen LogP contribution >= 0.6 is 0 Å². The summed E-state index contributed by atoms with van der Waals surface area (Å²) in [6, 6.07) is 1.93. The van der Waals surface area contributed by atoms with Gasteiger partial charge in [0.05, 0.1) is 18.8 Å². The largest absolute Gasteiger partial charge is 0.378 e. The molecule has 0 aromatic heterocycles. The molecule has 0 aliphatic rings. The van der Waals surface area contributed by atoms with Crippen LogP contribution in [-0.2, 0) is 4.74 Å². The van der Waals surface area contributed by atoms with E-state index in [1.807, 2.05) is 19.1 Å². The number of hydrogen-bond acceptors (Lipinski definition) is 2. The maximum Gasteiger partial charge on any atom is 0.0908 e. The van der Waals surface area contributed by atoms with Gasteiger partial charge in [0.15, 0.2) is 0 Å². The van der Waals surface area contributed by atoms with Crippen LogP contribution in [0, 0.1) is 11.3 Å². The molecular weight excluding hydrogens is 138 g/mol. The fourth-order valence-corrected chi connectivity index (χ4v) is 0.591. The Morgan fingerprint density at radius 3 is 2.91 bits per heavy atom. The smallest absolute Gasteiger partial charge is 0.0908 e. The Labute approximate surface area is 68.5 Å². The molecule has 2 heteroatoms. The Hall–Kier alpha value is -0.810. The second kappa shape index (κ2) is 7.30. The summed E-state index contributed by atoms with van der Waals surface area (Å²) in [5, 5.41) is 8.14. The molecule has 62 valence electrons. The van der Waals surface area contributed by atoms with E-state index >= 15 is 0 Å². The van der Waals surface area contributed by atoms with Gasteiger partial charge in [-0.25, -0.2) is 0 Å². The van der Waals surface area contributed by atoms with E-state index < -0.39 is 0 Å². The minimum absolute atomic E-state index is 0.338. The van der Waals surface area contributed by atoms with Crippen LogP contribution in [0.3, 0.4) is 0 Å². The second-order valence-electron chi connectivity index (χ2n) is 2.41. The zero-order valence-electron chi connectivity index (χ0n) is 7.21. The number of hydrogen-bond donors (Lipinski definition) is 0. The molecule has 1 atom stereocenters. The van der Waals surface area contributed by atoms with E-state index in [0.717, 1.165) is 12.8 Å². The third-order valence-corrected chi connectivity index (χ3v) is 1.45. The number of nitrogens with zero attached hydrogens (tertiary/aromatic N) is 1. The first-order valence-electron chi connectivity index (χ1n) is 3.97. The lowest BCUT2D eigenvalue weighted by molar-refractivity contribution is 0.0671. The lowest BCUT2D eigenvalue weighted by Gasteiger charge is -2.07. The first-order chi connectivity index (χ1) is 5.31. The minimum atomic E-state index is 0.338. The third-order valence-electron chi connectivity index (χ3n) is 1.45. The first kappa shape index (κ1) is 10.2. The highest BCUT2D eigenvalue weighted by molar-refractivity contribution is 5.01. The summed E-state index contributed by atoms with van der Waals surface area (Å²) in [5.41, 5.74) is 0. The van der Waals surface area contributed by atoms with E-state index in [0.29, 0.717) is 12.7 Å². The van der Waals surface area contributed by atoms with Gasteiger partial charge in [0, 0.05) is 6.08 Å². The van der Waals surface area contributed by atoms with E-state index in [1.54, 1.807) is 0 Å². The van der Waals surface area contributed by atoms with Crippen LogP contribution < -0.4 is 0 Å². The highest BCUT2D eigenvalue weighted by atomic mass is 16.5. The molecule has 0 saturated heterocycles. The molecule has 0 amide bonds. The fraction of sp³-hybridized carbons (Fsp3) is 0.667. The molecule has 0 saturated carbocycles. The highest BCUT2D eigenvalue weighted by Crippen LogP contribution is 1.96. The molecule has 0 aromatic carbocycles. The van der Waals surface area contributed by atoms with E-state index in [4.69, 9.17) is 10.00 Å². The molecule has 0 aliphatic heterocycles. The van der Waals surface area contributed by atoms with Gasteiger partial charge < -0.3 is 4.74 Å². The summed E-state index contributed by atoms with van der Waals surface area (Å²) >= 11 is 0. The molecule has 0 rings (SSSR count). The molecule has 1 unspecified atom stereocenters. The van der Waals surface area contributed by atoms with Crippen molar-refractivity contribution in [3.05, 3.63) is 12.2 Å². The minimum Gasteiger partial charge on any atom is -0.378 e. The Kier molecular flexibility index (Phi) is 6.76. The molecule has 0 aromatic rings. The maximum atomic E-state index is 8.14. The summed E-state index contributed by atoms with van der Waals surface area (Å²) in [6.45, 7) is 4.86. The average Bonchev–Trinajstić information content (AvgIpc) is 2.04. The van der Waals surface area contributed by atoms with Crippen molar-refractivity contribution < 1.29 is 4.74 Å². The Morgan fingerprint density at radius 1 is 1.64 bits per heavy atom. The quantitative estimate of drug-likeness (QED) is 0.448. The summed E-state index contributed by atoms with van der Waals surface area (Å²) in [7, 11) is 0.